The van der Waals surface area contributed by atoms with Gasteiger partial charge in [0.25, 0.3) is 0 Å². The summed E-state index contributed by atoms with van der Waals surface area (Å²) in [5.74, 6) is 0. The van der Waals surface area contributed by atoms with Crippen LogP contribution in [-0.4, -0.2) is 61.1 Å². The molecule has 0 aromatic carbocycles. The van der Waals surface area contributed by atoms with Crippen LogP contribution in [0.3, 0.4) is 0 Å². The lowest BCUT2D eigenvalue weighted by Crippen LogP contribution is -2.47. The number of amides is 2. The molecule has 0 radical (unpaired) electrons. The number of likely N-dealkylation sites (tertiary alicyclic amines) is 1. The van der Waals surface area contributed by atoms with Crippen LogP contribution >= 0.6 is 0 Å². The van der Waals surface area contributed by atoms with Gasteiger partial charge in [-0.2, -0.15) is 0 Å². The van der Waals surface area contributed by atoms with Crippen LogP contribution in [0.25, 0.3) is 0 Å². The molecule has 1 rings (SSSR count). The van der Waals surface area contributed by atoms with Crippen LogP contribution in [0.4, 0.5) is 4.79 Å². The summed E-state index contributed by atoms with van der Waals surface area (Å²) in [7, 11) is 2.18. The second-order valence-electron chi connectivity index (χ2n) is 5.84. The van der Waals surface area contributed by atoms with Crippen molar-refractivity contribution in [3.8, 4) is 0 Å². The highest BCUT2D eigenvalue weighted by atomic mass is 16.2. The summed E-state index contributed by atoms with van der Waals surface area (Å²) < 4.78 is 0. The molecule has 5 nitrogen and oxygen atoms in total. The molecule has 3 N–H and O–H groups in total. The van der Waals surface area contributed by atoms with E-state index in [1.165, 1.54) is 19.4 Å². The fourth-order valence-electron chi connectivity index (χ4n) is 2.35. The van der Waals surface area contributed by atoms with Crippen LogP contribution in [-0.2, 0) is 0 Å². The maximum atomic E-state index is 11.0. The number of hydrogen-bond donors (Lipinski definition) is 2. The lowest BCUT2D eigenvalue weighted by atomic mass is 10.1. The van der Waals surface area contributed by atoms with Gasteiger partial charge in [-0.25, -0.2) is 4.79 Å². The van der Waals surface area contributed by atoms with E-state index in [1.807, 2.05) is 0 Å². The third kappa shape index (κ3) is 6.25. The van der Waals surface area contributed by atoms with Crippen molar-refractivity contribution in [3.05, 3.63) is 0 Å². The van der Waals surface area contributed by atoms with Gasteiger partial charge in [-0.1, -0.05) is 0 Å². The Kier molecular flexibility index (Phi) is 7.16. The lowest BCUT2D eigenvalue weighted by Gasteiger charge is -2.31. The van der Waals surface area contributed by atoms with Gasteiger partial charge in [0.05, 0.1) is 0 Å². The van der Waals surface area contributed by atoms with E-state index in [9.17, 15) is 4.79 Å². The molecule has 1 heterocycles. The van der Waals surface area contributed by atoms with E-state index in [0.29, 0.717) is 12.1 Å². The largest absolute Gasteiger partial charge is 0.351 e. The Morgan fingerprint density at radius 2 is 2.00 bits per heavy atom. The minimum atomic E-state index is -0.282. The predicted molar refractivity (Wildman–Crippen MR) is 79.2 cm³/mol. The summed E-state index contributed by atoms with van der Waals surface area (Å²) in [6, 6.07) is 0.902. The van der Waals surface area contributed by atoms with E-state index in [0.717, 1.165) is 32.5 Å². The Hall–Kier alpha value is -0.810. The first kappa shape index (κ1) is 16.2. The van der Waals surface area contributed by atoms with E-state index < -0.39 is 0 Å². The van der Waals surface area contributed by atoms with Gasteiger partial charge in [0.1, 0.15) is 0 Å². The van der Waals surface area contributed by atoms with Crippen molar-refractivity contribution in [1.82, 2.24) is 15.1 Å². The minimum absolute atomic E-state index is 0.282. The SMILES string of the molecule is CC(C)N(C)CCCCNC1CCN(C(N)=O)CC1. The number of rotatable bonds is 7. The molecule has 5 heteroatoms. The lowest BCUT2D eigenvalue weighted by molar-refractivity contribution is 0.185. The molecule has 0 atom stereocenters. The van der Waals surface area contributed by atoms with Gasteiger partial charge in [-0.15, -0.1) is 0 Å². The maximum absolute atomic E-state index is 11.0. The first-order chi connectivity index (χ1) is 9.00. The number of carbonyl (C=O) groups excluding carboxylic acids is 1. The molecule has 0 aromatic heterocycles. The second kappa shape index (κ2) is 8.38. The Labute approximate surface area is 117 Å². The molecule has 0 bridgehead atoms. The summed E-state index contributed by atoms with van der Waals surface area (Å²) in [5, 5.41) is 3.59. The number of primary amides is 1. The molecule has 19 heavy (non-hydrogen) atoms. The van der Waals surface area contributed by atoms with Gasteiger partial charge in [-0.05, 0) is 59.7 Å². The molecule has 1 aliphatic rings. The van der Waals surface area contributed by atoms with E-state index in [2.05, 4.69) is 31.1 Å². The molecular formula is C14H30N4O. The quantitative estimate of drug-likeness (QED) is 0.684. The average molecular weight is 270 g/mol. The highest BCUT2D eigenvalue weighted by molar-refractivity contribution is 5.72. The smallest absolute Gasteiger partial charge is 0.314 e. The molecule has 1 aliphatic heterocycles. The fourth-order valence-corrected chi connectivity index (χ4v) is 2.35. The molecule has 0 saturated carbocycles. The monoisotopic (exact) mass is 270 g/mol. The third-order valence-corrected chi connectivity index (χ3v) is 4.06. The molecular weight excluding hydrogens is 240 g/mol. The second-order valence-corrected chi connectivity index (χ2v) is 5.84. The minimum Gasteiger partial charge on any atom is -0.351 e. The van der Waals surface area contributed by atoms with E-state index in [4.69, 9.17) is 5.73 Å². The van der Waals surface area contributed by atoms with E-state index >= 15 is 0 Å². The highest BCUT2D eigenvalue weighted by Gasteiger charge is 2.20. The summed E-state index contributed by atoms with van der Waals surface area (Å²) in [5.41, 5.74) is 5.27. The molecule has 1 fully saturated rings. The van der Waals surface area contributed by atoms with Crippen molar-refractivity contribution < 1.29 is 4.79 Å². The number of carbonyl (C=O) groups is 1. The normalized spacial score (nSPS) is 17.4. The number of nitrogens with zero attached hydrogens (tertiary/aromatic N) is 2. The standard InChI is InChI=1S/C14H30N4O/c1-12(2)17(3)9-5-4-8-16-13-6-10-18(11-7-13)14(15)19/h12-13,16H,4-11H2,1-3H3,(H2,15,19). The first-order valence-electron chi connectivity index (χ1n) is 7.48. The zero-order valence-electron chi connectivity index (χ0n) is 12.7. The number of piperidine rings is 1. The Morgan fingerprint density at radius 3 is 2.53 bits per heavy atom. The van der Waals surface area contributed by atoms with Crippen molar-refractivity contribution in [2.24, 2.45) is 5.73 Å². The van der Waals surface area contributed by atoms with E-state index in [1.54, 1.807) is 4.90 Å². The summed E-state index contributed by atoms with van der Waals surface area (Å²) in [6.45, 7) is 8.29. The molecule has 0 aromatic rings. The maximum Gasteiger partial charge on any atom is 0.314 e. The van der Waals surface area contributed by atoms with Gasteiger partial charge >= 0.3 is 6.03 Å². The molecule has 112 valence electrons. The predicted octanol–water partition coefficient (Wildman–Crippen LogP) is 1.24. The average Bonchev–Trinajstić information content (AvgIpc) is 2.38. The fraction of sp³-hybridized carbons (Fsp3) is 0.929. The van der Waals surface area contributed by atoms with Gasteiger partial charge in [0.15, 0.2) is 0 Å². The molecule has 2 amide bonds. The van der Waals surface area contributed by atoms with Gasteiger partial charge < -0.3 is 20.9 Å². The van der Waals surface area contributed by atoms with Gasteiger partial charge in [0, 0.05) is 25.2 Å². The first-order valence-corrected chi connectivity index (χ1v) is 7.48. The third-order valence-electron chi connectivity index (χ3n) is 4.06. The van der Waals surface area contributed by atoms with Crippen LogP contribution in [0.15, 0.2) is 0 Å². The topological polar surface area (TPSA) is 61.6 Å². The summed E-state index contributed by atoms with van der Waals surface area (Å²) >= 11 is 0. The van der Waals surface area contributed by atoms with Crippen molar-refractivity contribution >= 4 is 6.03 Å². The Morgan fingerprint density at radius 1 is 1.37 bits per heavy atom. The summed E-state index contributed by atoms with van der Waals surface area (Å²) in [4.78, 5) is 15.1. The van der Waals surface area contributed by atoms with Crippen LogP contribution in [0.2, 0.25) is 0 Å². The van der Waals surface area contributed by atoms with Crippen LogP contribution in [0.1, 0.15) is 39.5 Å². The van der Waals surface area contributed by atoms with Gasteiger partial charge in [-0.3, -0.25) is 0 Å². The van der Waals surface area contributed by atoms with Crippen LogP contribution < -0.4 is 11.1 Å². The zero-order valence-corrected chi connectivity index (χ0v) is 12.7. The van der Waals surface area contributed by atoms with E-state index in [-0.39, 0.29) is 6.03 Å². The number of nitrogens with two attached hydrogens (primary N) is 1. The van der Waals surface area contributed by atoms with Crippen LogP contribution in [0, 0.1) is 0 Å². The van der Waals surface area contributed by atoms with Crippen molar-refractivity contribution in [1.29, 1.82) is 0 Å². The van der Waals surface area contributed by atoms with Crippen molar-refractivity contribution in [2.45, 2.75) is 51.6 Å². The zero-order chi connectivity index (χ0) is 14.3. The Bertz CT molecular complexity index is 262. The number of unbranched alkanes of at least 4 members (excludes halogenated alkanes) is 1. The molecule has 0 unspecified atom stereocenters. The Balaban J connectivity index is 2.01. The highest BCUT2D eigenvalue weighted by Crippen LogP contribution is 2.09. The molecule has 1 saturated heterocycles. The van der Waals surface area contributed by atoms with Crippen molar-refractivity contribution in [3.63, 3.8) is 0 Å². The summed E-state index contributed by atoms with van der Waals surface area (Å²) in [6.07, 6.45) is 4.50. The number of hydrogen-bond acceptors (Lipinski definition) is 3. The van der Waals surface area contributed by atoms with Crippen molar-refractivity contribution in [2.75, 3.05) is 33.2 Å². The number of urea groups is 1. The van der Waals surface area contributed by atoms with Gasteiger partial charge in [0.2, 0.25) is 0 Å². The molecule has 0 aliphatic carbocycles. The van der Waals surface area contributed by atoms with Crippen LogP contribution in [0.5, 0.6) is 0 Å². The number of nitrogens with one attached hydrogen (secondary N) is 1. The molecule has 0 spiro atoms.